The predicted octanol–water partition coefficient (Wildman–Crippen LogP) is 7.94. The van der Waals surface area contributed by atoms with Crippen molar-refractivity contribution >= 4 is 64.2 Å². The summed E-state index contributed by atoms with van der Waals surface area (Å²) in [5, 5.41) is 3.75. The van der Waals surface area contributed by atoms with Crippen LogP contribution in [0.4, 0.5) is 11.6 Å². The molecule has 2 aromatic heterocycles. The number of pyridine rings is 1. The minimum absolute atomic E-state index is 0.00708. The zero-order valence-electron chi connectivity index (χ0n) is 24.9. The van der Waals surface area contributed by atoms with Gasteiger partial charge in [0.05, 0.1) is 29.0 Å². The number of allylic oxidation sites excluding steroid dienone is 1. The van der Waals surface area contributed by atoms with Gasteiger partial charge >= 0.3 is 11.9 Å². The number of nitrogens with one attached hydrogen (secondary N) is 1. The molecule has 224 valence electrons. The molecule has 0 aliphatic carbocycles. The quantitative estimate of drug-likeness (QED) is 0.169. The van der Waals surface area contributed by atoms with Gasteiger partial charge in [-0.15, -0.1) is 0 Å². The zero-order chi connectivity index (χ0) is 31.4. The van der Waals surface area contributed by atoms with Crippen molar-refractivity contribution in [2.45, 2.75) is 60.8 Å². The number of Topliss-reactive ketones (excluding diaryl/α,β-unsaturated/α-hetero) is 1. The summed E-state index contributed by atoms with van der Waals surface area (Å²) < 4.78 is 10.1. The van der Waals surface area contributed by atoms with Crippen molar-refractivity contribution < 1.29 is 23.9 Å². The van der Waals surface area contributed by atoms with Crippen LogP contribution in [0.5, 0.6) is 0 Å². The van der Waals surface area contributed by atoms with Gasteiger partial charge in [-0.1, -0.05) is 57.0 Å². The molecule has 0 amide bonds. The lowest BCUT2D eigenvalue weighted by Gasteiger charge is -2.16. The summed E-state index contributed by atoms with van der Waals surface area (Å²) >= 11 is 12.8. The van der Waals surface area contributed by atoms with Crippen LogP contribution in [-0.4, -0.2) is 45.9 Å². The van der Waals surface area contributed by atoms with Crippen molar-refractivity contribution in [1.29, 1.82) is 0 Å². The van der Waals surface area contributed by atoms with Gasteiger partial charge in [0.25, 0.3) is 0 Å². The number of rotatable bonds is 11. The summed E-state index contributed by atoms with van der Waals surface area (Å²) in [5.41, 5.74) is 2.26. The molecule has 1 N–H and O–H groups in total. The first-order chi connectivity index (χ1) is 20.1. The van der Waals surface area contributed by atoms with Crippen LogP contribution in [0, 0.1) is 0 Å². The van der Waals surface area contributed by atoms with E-state index in [0.717, 1.165) is 6.42 Å². The lowest BCUT2D eigenvalue weighted by Crippen LogP contribution is -2.14. The predicted molar refractivity (Wildman–Crippen MR) is 167 cm³/mol. The molecule has 1 atom stereocenters. The van der Waals surface area contributed by atoms with E-state index in [1.165, 1.54) is 19.1 Å². The monoisotopic (exact) mass is 614 g/mol. The number of aromatic nitrogens is 3. The highest BCUT2D eigenvalue weighted by Crippen LogP contribution is 2.34. The fourth-order valence-electron chi connectivity index (χ4n) is 3.78. The molecule has 0 saturated carbocycles. The van der Waals surface area contributed by atoms with E-state index in [1.807, 2.05) is 27.7 Å². The Hall–Kier alpha value is -3.82. The van der Waals surface area contributed by atoms with E-state index in [0.29, 0.717) is 38.1 Å². The number of benzene rings is 1. The Labute approximate surface area is 256 Å². The van der Waals surface area contributed by atoms with Crippen molar-refractivity contribution in [1.82, 2.24) is 15.0 Å². The van der Waals surface area contributed by atoms with Crippen molar-refractivity contribution in [3.05, 3.63) is 74.8 Å². The summed E-state index contributed by atoms with van der Waals surface area (Å²) in [6.07, 6.45) is 4.03. The van der Waals surface area contributed by atoms with E-state index < -0.39 is 11.9 Å². The third kappa shape index (κ3) is 8.84. The molecule has 0 spiro atoms. The van der Waals surface area contributed by atoms with Gasteiger partial charge in [0, 0.05) is 28.6 Å². The Morgan fingerprint density at radius 1 is 0.952 bits per heavy atom. The van der Waals surface area contributed by atoms with Crippen LogP contribution >= 0.6 is 23.2 Å². The van der Waals surface area contributed by atoms with Crippen LogP contribution in [0.2, 0.25) is 10.0 Å². The number of anilines is 2. The first-order valence-corrected chi connectivity index (χ1v) is 14.5. The Morgan fingerprint density at radius 3 is 1.98 bits per heavy atom. The number of hydrogen-bond donors (Lipinski definition) is 1. The average Bonchev–Trinajstić information content (AvgIpc) is 2.97. The number of carbonyl (C=O) groups is 3. The number of nitrogens with zero attached hydrogens (tertiary/aromatic N) is 3. The smallest absolute Gasteiger partial charge is 0.357 e. The van der Waals surface area contributed by atoms with Crippen LogP contribution < -0.4 is 5.32 Å². The SMILES string of the molecule is CC.CCOC(=O)c1cc(Nc2ncc(/C=C(\C(C)=O)c3c(Cl)cccc3Cl)c(C(C)CC)n2)cc(C(=O)OCC)n1. The average molecular weight is 616 g/mol. The second-order valence-corrected chi connectivity index (χ2v) is 9.56. The van der Waals surface area contributed by atoms with Crippen molar-refractivity contribution in [3.63, 3.8) is 0 Å². The summed E-state index contributed by atoms with van der Waals surface area (Å²) in [6.45, 7) is 13.1. The van der Waals surface area contributed by atoms with Gasteiger partial charge in [-0.05, 0) is 63.5 Å². The minimum Gasteiger partial charge on any atom is -0.461 e. The Balaban J connectivity index is 0.00000301. The molecule has 1 unspecified atom stereocenters. The molecule has 0 fully saturated rings. The fraction of sp³-hybridized carbons (Fsp3) is 0.355. The number of ether oxygens (including phenoxy) is 2. The Morgan fingerprint density at radius 2 is 1.50 bits per heavy atom. The van der Waals surface area contributed by atoms with E-state index >= 15 is 0 Å². The highest BCUT2D eigenvalue weighted by molar-refractivity contribution is 6.41. The van der Waals surface area contributed by atoms with Crippen LogP contribution in [0.15, 0.2) is 36.5 Å². The molecule has 2 heterocycles. The van der Waals surface area contributed by atoms with Crippen molar-refractivity contribution in [3.8, 4) is 0 Å². The maximum Gasteiger partial charge on any atom is 0.357 e. The maximum absolute atomic E-state index is 12.7. The largest absolute Gasteiger partial charge is 0.461 e. The first-order valence-electron chi connectivity index (χ1n) is 13.8. The molecular weight excluding hydrogens is 579 g/mol. The molecule has 3 rings (SSSR count). The summed E-state index contributed by atoms with van der Waals surface area (Å²) in [6, 6.07) is 7.92. The Bertz CT molecular complexity index is 1400. The normalized spacial score (nSPS) is 11.6. The van der Waals surface area contributed by atoms with Gasteiger partial charge < -0.3 is 14.8 Å². The molecule has 11 heteroatoms. The third-order valence-electron chi connectivity index (χ3n) is 5.89. The van der Waals surface area contributed by atoms with Crippen molar-refractivity contribution in [2.75, 3.05) is 18.5 Å². The molecule has 0 aliphatic heterocycles. The molecule has 42 heavy (non-hydrogen) atoms. The lowest BCUT2D eigenvalue weighted by atomic mass is 9.95. The van der Waals surface area contributed by atoms with Gasteiger partial charge in [-0.2, -0.15) is 0 Å². The van der Waals surface area contributed by atoms with E-state index in [2.05, 4.69) is 15.3 Å². The van der Waals surface area contributed by atoms with Crippen LogP contribution in [0.1, 0.15) is 98.6 Å². The van der Waals surface area contributed by atoms with Gasteiger partial charge in [0.1, 0.15) is 0 Å². The van der Waals surface area contributed by atoms with Gasteiger partial charge in [0.15, 0.2) is 17.2 Å². The first kappa shape index (κ1) is 34.4. The second kappa shape index (κ2) is 16.6. The number of hydrogen-bond acceptors (Lipinski definition) is 9. The number of halogens is 2. The molecule has 1 aromatic carbocycles. The van der Waals surface area contributed by atoms with E-state index in [-0.39, 0.29) is 42.3 Å². The maximum atomic E-state index is 12.7. The van der Waals surface area contributed by atoms with E-state index in [9.17, 15) is 14.4 Å². The zero-order valence-corrected chi connectivity index (χ0v) is 26.4. The van der Waals surface area contributed by atoms with Crippen LogP contribution in [0.3, 0.4) is 0 Å². The highest BCUT2D eigenvalue weighted by atomic mass is 35.5. The van der Waals surface area contributed by atoms with E-state index in [1.54, 1.807) is 44.3 Å². The summed E-state index contributed by atoms with van der Waals surface area (Å²) in [7, 11) is 0. The molecule has 9 nitrogen and oxygen atoms in total. The minimum atomic E-state index is -0.687. The fourth-order valence-corrected chi connectivity index (χ4v) is 4.38. The van der Waals surface area contributed by atoms with Gasteiger partial charge in [-0.25, -0.2) is 24.5 Å². The number of carbonyl (C=O) groups excluding carboxylic acids is 3. The third-order valence-corrected chi connectivity index (χ3v) is 6.52. The number of ketones is 1. The molecule has 0 aliphatic rings. The molecular formula is C31H36Cl2N4O5. The lowest BCUT2D eigenvalue weighted by molar-refractivity contribution is -0.111. The van der Waals surface area contributed by atoms with Gasteiger partial charge in [0.2, 0.25) is 5.95 Å². The summed E-state index contributed by atoms with van der Waals surface area (Å²) in [5.74, 6) is -1.39. The topological polar surface area (TPSA) is 120 Å². The van der Waals surface area contributed by atoms with E-state index in [4.69, 9.17) is 37.7 Å². The van der Waals surface area contributed by atoms with Crippen LogP contribution in [0.25, 0.3) is 11.6 Å². The molecule has 0 bridgehead atoms. The van der Waals surface area contributed by atoms with Gasteiger partial charge in [-0.3, -0.25) is 4.79 Å². The Kier molecular flexibility index (Phi) is 13.6. The second-order valence-electron chi connectivity index (χ2n) is 8.75. The highest BCUT2D eigenvalue weighted by Gasteiger charge is 2.20. The standard InChI is InChI=1S/C29H30Cl2N4O5.C2H6/c1-6-16(4)26-18(12-20(17(5)36)25-21(30)10-9-11-22(25)31)15-32-29(35-26)33-19-13-23(27(37)39-7-2)34-24(14-19)28(38)40-8-3;1-2/h9-16H,6-8H2,1-5H3,(H,32,33,34,35);1-2H3/b20-12+;. The van der Waals surface area contributed by atoms with Crippen LogP contribution in [-0.2, 0) is 14.3 Å². The summed E-state index contributed by atoms with van der Waals surface area (Å²) in [4.78, 5) is 50.7. The molecule has 0 saturated heterocycles. The number of esters is 2. The van der Waals surface area contributed by atoms with Crippen molar-refractivity contribution in [2.24, 2.45) is 0 Å². The molecule has 3 aromatic rings. The molecule has 0 radical (unpaired) electrons.